The van der Waals surface area contributed by atoms with Crippen molar-refractivity contribution < 1.29 is 19.4 Å². The van der Waals surface area contributed by atoms with Gasteiger partial charge in [-0.2, -0.15) is 5.10 Å². The number of amides is 1. The molecule has 1 amide bonds. The molecule has 1 aromatic heterocycles. The Hall–Kier alpha value is -2.38. The van der Waals surface area contributed by atoms with Crippen molar-refractivity contribution in [1.29, 1.82) is 0 Å². The molecule has 7 heteroatoms. The van der Waals surface area contributed by atoms with Crippen LogP contribution in [0.15, 0.2) is 30.3 Å². The van der Waals surface area contributed by atoms with E-state index in [1.165, 1.54) is 0 Å². The first kappa shape index (κ1) is 19.0. The van der Waals surface area contributed by atoms with Crippen LogP contribution in [0, 0.1) is 12.3 Å². The maximum Gasteiger partial charge on any atom is 0.272 e. The van der Waals surface area contributed by atoms with Gasteiger partial charge < -0.3 is 19.5 Å². The minimum Gasteiger partial charge on any atom is -0.493 e. The first-order chi connectivity index (χ1) is 13.6. The molecule has 0 aliphatic carbocycles. The van der Waals surface area contributed by atoms with E-state index in [9.17, 15) is 9.90 Å². The number of aryl methyl sites for hydroxylation is 1. The molecule has 28 heavy (non-hydrogen) atoms. The maximum absolute atomic E-state index is 13.3. The molecule has 2 aliphatic heterocycles. The zero-order valence-electron chi connectivity index (χ0n) is 16.4. The number of carbonyl (C=O) groups is 1. The van der Waals surface area contributed by atoms with E-state index in [2.05, 4.69) is 5.10 Å². The molecule has 150 valence electrons. The Morgan fingerprint density at radius 1 is 1.43 bits per heavy atom. The zero-order chi connectivity index (χ0) is 19.7. The van der Waals surface area contributed by atoms with Crippen LogP contribution in [0.3, 0.4) is 0 Å². The van der Waals surface area contributed by atoms with Crippen molar-refractivity contribution in [2.75, 3.05) is 39.5 Å². The predicted molar refractivity (Wildman–Crippen MR) is 104 cm³/mol. The number of nitrogens with zero attached hydrogens (tertiary/aromatic N) is 3. The van der Waals surface area contributed by atoms with Gasteiger partial charge in [-0.05, 0) is 31.5 Å². The van der Waals surface area contributed by atoms with Crippen LogP contribution in [0.5, 0.6) is 5.75 Å². The molecule has 0 radical (unpaired) electrons. The molecular weight excluding hydrogens is 358 g/mol. The van der Waals surface area contributed by atoms with Crippen molar-refractivity contribution in [3.05, 3.63) is 47.3 Å². The highest BCUT2D eigenvalue weighted by Crippen LogP contribution is 2.49. The number of aliphatic hydroxyl groups is 1. The number of hydrogen-bond acceptors (Lipinski definition) is 5. The highest BCUT2D eigenvalue weighted by atomic mass is 16.5. The first-order valence-corrected chi connectivity index (χ1v) is 9.82. The molecule has 2 unspecified atom stereocenters. The van der Waals surface area contributed by atoms with Crippen LogP contribution in [0.1, 0.15) is 34.6 Å². The number of benzene rings is 1. The van der Waals surface area contributed by atoms with Gasteiger partial charge in [0.1, 0.15) is 11.4 Å². The van der Waals surface area contributed by atoms with Gasteiger partial charge in [0, 0.05) is 25.6 Å². The number of ether oxygens (including phenoxy) is 2. The quantitative estimate of drug-likeness (QED) is 0.768. The number of fused-ring (bicyclic) bond motifs is 3. The Labute approximate surface area is 164 Å². The molecule has 1 aromatic carbocycles. The third-order valence-corrected chi connectivity index (χ3v) is 5.83. The Kier molecular flexibility index (Phi) is 5.12. The largest absolute Gasteiger partial charge is 0.493 e. The second-order valence-electron chi connectivity index (χ2n) is 7.68. The SMILES string of the molecule is CCOCCn1nc(C)cc1C(=O)N1CC2c3ccccc3OCC2(CO)C1. The Bertz CT molecular complexity index is 865. The molecule has 0 saturated carbocycles. The monoisotopic (exact) mass is 385 g/mol. The van der Waals surface area contributed by atoms with Crippen LogP contribution in [0.4, 0.5) is 0 Å². The number of rotatable bonds is 6. The summed E-state index contributed by atoms with van der Waals surface area (Å²) in [5, 5.41) is 14.7. The van der Waals surface area contributed by atoms with Gasteiger partial charge in [0.2, 0.25) is 0 Å². The maximum atomic E-state index is 13.3. The minimum absolute atomic E-state index is 0.0155. The standard InChI is InChI=1S/C21H27N3O4/c1-3-27-9-8-24-18(10-15(2)22-24)20(26)23-11-17-16-6-4-5-7-19(16)28-14-21(17,12-23)13-25/h4-7,10,17,25H,3,8-9,11-14H2,1-2H3. The first-order valence-electron chi connectivity index (χ1n) is 9.82. The van der Waals surface area contributed by atoms with Crippen molar-refractivity contribution in [2.24, 2.45) is 5.41 Å². The normalized spacial score (nSPS) is 23.2. The molecule has 3 heterocycles. The molecular formula is C21H27N3O4. The fourth-order valence-electron chi connectivity index (χ4n) is 4.37. The van der Waals surface area contributed by atoms with Crippen LogP contribution in [-0.4, -0.2) is 65.2 Å². The molecule has 4 rings (SSSR count). The van der Waals surface area contributed by atoms with Crippen LogP contribution in [0.25, 0.3) is 0 Å². The van der Waals surface area contributed by atoms with Gasteiger partial charge in [-0.25, -0.2) is 0 Å². The Balaban J connectivity index is 1.59. The average molecular weight is 385 g/mol. The summed E-state index contributed by atoms with van der Waals surface area (Å²) in [5.41, 5.74) is 1.98. The topological polar surface area (TPSA) is 76.8 Å². The highest BCUT2D eigenvalue weighted by Gasteiger charge is 2.52. The van der Waals surface area contributed by atoms with E-state index >= 15 is 0 Å². The van der Waals surface area contributed by atoms with Gasteiger partial charge in [0.05, 0.1) is 37.5 Å². The highest BCUT2D eigenvalue weighted by molar-refractivity contribution is 5.93. The predicted octanol–water partition coefficient (Wildman–Crippen LogP) is 1.84. The summed E-state index contributed by atoms with van der Waals surface area (Å²) in [4.78, 5) is 15.2. The number of likely N-dealkylation sites (tertiary alicyclic amines) is 1. The van der Waals surface area contributed by atoms with E-state index in [1.54, 1.807) is 4.68 Å². The van der Waals surface area contributed by atoms with Crippen molar-refractivity contribution in [3.8, 4) is 5.75 Å². The lowest BCUT2D eigenvalue weighted by Gasteiger charge is -2.37. The Morgan fingerprint density at radius 2 is 2.25 bits per heavy atom. The number of para-hydroxylation sites is 1. The molecule has 1 fully saturated rings. The van der Waals surface area contributed by atoms with E-state index in [-0.39, 0.29) is 18.4 Å². The summed E-state index contributed by atoms with van der Waals surface area (Å²) < 4.78 is 13.1. The van der Waals surface area contributed by atoms with E-state index in [4.69, 9.17) is 9.47 Å². The third-order valence-electron chi connectivity index (χ3n) is 5.83. The second kappa shape index (κ2) is 7.56. The molecule has 2 aromatic rings. The van der Waals surface area contributed by atoms with E-state index < -0.39 is 5.41 Å². The molecule has 0 spiro atoms. The lowest BCUT2D eigenvalue weighted by molar-refractivity contribution is 0.0437. The summed E-state index contributed by atoms with van der Waals surface area (Å²) in [6, 6.07) is 9.74. The third kappa shape index (κ3) is 3.18. The van der Waals surface area contributed by atoms with Gasteiger partial charge >= 0.3 is 0 Å². The van der Waals surface area contributed by atoms with Crippen molar-refractivity contribution in [3.63, 3.8) is 0 Å². The summed E-state index contributed by atoms with van der Waals surface area (Å²) in [7, 11) is 0. The van der Waals surface area contributed by atoms with Crippen molar-refractivity contribution in [1.82, 2.24) is 14.7 Å². The summed E-state index contributed by atoms with van der Waals surface area (Å²) in [6.45, 7) is 6.95. The van der Waals surface area contributed by atoms with Crippen LogP contribution in [-0.2, 0) is 11.3 Å². The Morgan fingerprint density at radius 3 is 3.04 bits per heavy atom. The van der Waals surface area contributed by atoms with E-state index in [1.807, 2.05) is 49.1 Å². The number of aromatic nitrogens is 2. The van der Waals surface area contributed by atoms with Gasteiger partial charge in [0.15, 0.2) is 0 Å². The van der Waals surface area contributed by atoms with E-state index in [0.717, 1.165) is 17.0 Å². The molecule has 1 saturated heterocycles. The van der Waals surface area contributed by atoms with Gasteiger partial charge in [-0.3, -0.25) is 9.48 Å². The fraction of sp³-hybridized carbons (Fsp3) is 0.524. The average Bonchev–Trinajstić information content (AvgIpc) is 3.29. The number of hydrogen-bond donors (Lipinski definition) is 1. The molecule has 1 N–H and O–H groups in total. The lowest BCUT2D eigenvalue weighted by atomic mass is 9.74. The lowest BCUT2D eigenvalue weighted by Crippen LogP contribution is -2.42. The van der Waals surface area contributed by atoms with Crippen LogP contribution in [0.2, 0.25) is 0 Å². The van der Waals surface area contributed by atoms with Crippen LogP contribution < -0.4 is 4.74 Å². The van der Waals surface area contributed by atoms with Gasteiger partial charge in [-0.15, -0.1) is 0 Å². The number of carbonyl (C=O) groups excluding carboxylic acids is 1. The summed E-state index contributed by atoms with van der Waals surface area (Å²) >= 11 is 0. The summed E-state index contributed by atoms with van der Waals surface area (Å²) in [5.74, 6) is 0.854. The molecule has 0 bridgehead atoms. The molecule has 2 atom stereocenters. The minimum atomic E-state index is -0.463. The van der Waals surface area contributed by atoms with Crippen molar-refractivity contribution >= 4 is 5.91 Å². The fourth-order valence-corrected chi connectivity index (χ4v) is 4.37. The van der Waals surface area contributed by atoms with Crippen molar-refractivity contribution in [2.45, 2.75) is 26.3 Å². The molecule has 2 aliphatic rings. The zero-order valence-corrected chi connectivity index (χ0v) is 16.4. The second-order valence-corrected chi connectivity index (χ2v) is 7.68. The number of aliphatic hydroxyl groups excluding tert-OH is 1. The molecule has 7 nitrogen and oxygen atoms in total. The van der Waals surface area contributed by atoms with Gasteiger partial charge in [0.25, 0.3) is 5.91 Å². The summed E-state index contributed by atoms with van der Waals surface area (Å²) in [6.07, 6.45) is 0. The van der Waals surface area contributed by atoms with Crippen LogP contribution >= 0.6 is 0 Å². The van der Waals surface area contributed by atoms with E-state index in [0.29, 0.717) is 45.1 Å². The van der Waals surface area contributed by atoms with Gasteiger partial charge in [-0.1, -0.05) is 18.2 Å². The smallest absolute Gasteiger partial charge is 0.272 e.